The highest BCUT2D eigenvalue weighted by molar-refractivity contribution is 6.35. The van der Waals surface area contributed by atoms with Crippen LogP contribution in [0.4, 0.5) is 4.39 Å². The molecule has 0 spiro atoms. The highest BCUT2D eigenvalue weighted by Gasteiger charge is 2.06. The van der Waals surface area contributed by atoms with Gasteiger partial charge in [-0.15, -0.1) is 12.4 Å². The van der Waals surface area contributed by atoms with Crippen molar-refractivity contribution in [2.45, 2.75) is 6.54 Å². The second kappa shape index (κ2) is 4.87. The number of benzene rings is 1. The summed E-state index contributed by atoms with van der Waals surface area (Å²) in [6.45, 7) is 0.0852. The summed E-state index contributed by atoms with van der Waals surface area (Å²) in [5.74, 6) is -0.454. The smallest absolute Gasteiger partial charge is 0.130 e. The summed E-state index contributed by atoms with van der Waals surface area (Å²) < 4.78 is 12.9. The first-order chi connectivity index (χ1) is 5.15. The Morgan fingerprint density at radius 1 is 1.33 bits per heavy atom. The van der Waals surface area contributed by atoms with Crippen molar-refractivity contribution in [1.29, 1.82) is 0 Å². The molecule has 0 saturated heterocycles. The predicted molar refractivity (Wildman–Crippen MR) is 51.6 cm³/mol. The Morgan fingerprint density at radius 2 is 1.92 bits per heavy atom. The molecule has 0 atom stereocenters. The number of hydrogen-bond acceptors (Lipinski definition) is 1. The van der Waals surface area contributed by atoms with Crippen LogP contribution in [0.5, 0.6) is 0 Å². The molecule has 0 aliphatic carbocycles. The largest absolute Gasteiger partial charge is 0.326 e. The van der Waals surface area contributed by atoms with Crippen LogP contribution >= 0.6 is 35.6 Å². The molecule has 0 aliphatic heterocycles. The molecule has 0 bridgehead atoms. The van der Waals surface area contributed by atoms with Gasteiger partial charge >= 0.3 is 0 Å². The average Bonchev–Trinajstić information content (AvgIpc) is 1.85. The van der Waals surface area contributed by atoms with E-state index in [0.29, 0.717) is 5.56 Å². The van der Waals surface area contributed by atoms with Crippen molar-refractivity contribution < 1.29 is 4.39 Å². The van der Waals surface area contributed by atoms with E-state index in [9.17, 15) is 4.39 Å². The lowest BCUT2D eigenvalue weighted by Crippen LogP contribution is -2.00. The molecule has 1 aromatic rings. The minimum absolute atomic E-state index is 0. The third kappa shape index (κ3) is 2.49. The van der Waals surface area contributed by atoms with Crippen molar-refractivity contribution in [3.8, 4) is 0 Å². The van der Waals surface area contributed by atoms with Gasteiger partial charge in [-0.2, -0.15) is 0 Å². The first kappa shape index (κ1) is 12.0. The molecule has 0 amide bonds. The van der Waals surface area contributed by atoms with Crippen molar-refractivity contribution in [1.82, 2.24) is 0 Å². The fourth-order valence-corrected chi connectivity index (χ4v) is 1.31. The van der Waals surface area contributed by atoms with Crippen LogP contribution in [0.3, 0.4) is 0 Å². The predicted octanol–water partition coefficient (Wildman–Crippen LogP) is 3.01. The van der Waals surface area contributed by atoms with Crippen molar-refractivity contribution in [2.24, 2.45) is 5.73 Å². The molecule has 0 unspecified atom stereocenters. The Kier molecular flexibility index (Phi) is 4.87. The summed E-state index contributed by atoms with van der Waals surface area (Å²) in [5.41, 5.74) is 5.54. The van der Waals surface area contributed by atoms with E-state index in [1.54, 1.807) is 0 Å². The normalized spacial score (nSPS) is 9.33. The fourth-order valence-electron chi connectivity index (χ4n) is 0.767. The van der Waals surface area contributed by atoms with Gasteiger partial charge in [0, 0.05) is 22.2 Å². The quantitative estimate of drug-likeness (QED) is 0.788. The molecule has 0 aromatic heterocycles. The first-order valence-electron chi connectivity index (χ1n) is 2.98. The van der Waals surface area contributed by atoms with Crippen molar-refractivity contribution in [3.05, 3.63) is 33.6 Å². The average molecular weight is 230 g/mol. The van der Waals surface area contributed by atoms with E-state index >= 15 is 0 Å². The molecule has 5 heteroatoms. The molecular weight excluding hydrogens is 223 g/mol. The van der Waals surface area contributed by atoms with Crippen molar-refractivity contribution in [2.75, 3.05) is 0 Å². The van der Waals surface area contributed by atoms with Crippen molar-refractivity contribution >= 4 is 35.6 Å². The van der Waals surface area contributed by atoms with E-state index in [1.807, 2.05) is 0 Å². The lowest BCUT2D eigenvalue weighted by molar-refractivity contribution is 0.611. The minimum Gasteiger partial charge on any atom is -0.326 e. The van der Waals surface area contributed by atoms with E-state index in [1.165, 1.54) is 12.1 Å². The summed E-state index contributed by atoms with van der Waals surface area (Å²) >= 11 is 11.1. The van der Waals surface area contributed by atoms with Gasteiger partial charge in [-0.25, -0.2) is 4.39 Å². The molecule has 68 valence electrons. The van der Waals surface area contributed by atoms with Crippen LogP contribution in [0.25, 0.3) is 0 Å². The summed E-state index contributed by atoms with van der Waals surface area (Å²) in [6.07, 6.45) is 0. The third-order valence-corrected chi connectivity index (χ3v) is 1.87. The molecule has 0 aliphatic rings. The Morgan fingerprint density at radius 3 is 2.33 bits per heavy atom. The molecule has 0 fully saturated rings. The van der Waals surface area contributed by atoms with Gasteiger partial charge in [-0.3, -0.25) is 0 Å². The number of nitrogens with two attached hydrogens (primary N) is 1. The Hall–Kier alpha value is -0.0200. The maximum Gasteiger partial charge on any atom is 0.130 e. The van der Waals surface area contributed by atoms with Crippen LogP contribution in [-0.2, 0) is 6.54 Å². The lowest BCUT2D eigenvalue weighted by atomic mass is 10.2. The van der Waals surface area contributed by atoms with Gasteiger partial charge < -0.3 is 5.73 Å². The zero-order valence-corrected chi connectivity index (χ0v) is 8.31. The molecular formula is C7H7Cl3FN. The number of rotatable bonds is 1. The van der Waals surface area contributed by atoms with Crippen molar-refractivity contribution in [3.63, 3.8) is 0 Å². The summed E-state index contributed by atoms with van der Waals surface area (Å²) in [7, 11) is 0. The topological polar surface area (TPSA) is 26.0 Å². The highest BCUT2D eigenvalue weighted by Crippen LogP contribution is 2.23. The van der Waals surface area contributed by atoms with Gasteiger partial charge in [-0.1, -0.05) is 23.2 Å². The maximum atomic E-state index is 12.9. The Balaban J connectivity index is 0.00000121. The van der Waals surface area contributed by atoms with E-state index < -0.39 is 5.82 Å². The van der Waals surface area contributed by atoms with Crippen LogP contribution in [0, 0.1) is 5.82 Å². The molecule has 0 heterocycles. The van der Waals surface area contributed by atoms with Gasteiger partial charge in [0.1, 0.15) is 5.82 Å². The lowest BCUT2D eigenvalue weighted by Gasteiger charge is -2.02. The van der Waals surface area contributed by atoms with Crippen LogP contribution in [-0.4, -0.2) is 0 Å². The monoisotopic (exact) mass is 229 g/mol. The van der Waals surface area contributed by atoms with Crippen LogP contribution in [0.1, 0.15) is 5.56 Å². The summed E-state index contributed by atoms with van der Waals surface area (Å²) in [4.78, 5) is 0. The SMILES string of the molecule is Cl.NCc1c(F)cc(Cl)cc1Cl. The van der Waals surface area contributed by atoms with Gasteiger partial charge in [-0.05, 0) is 12.1 Å². The number of hydrogen-bond donors (Lipinski definition) is 1. The van der Waals surface area contributed by atoms with E-state index in [-0.39, 0.29) is 29.0 Å². The molecule has 1 nitrogen and oxygen atoms in total. The minimum atomic E-state index is -0.454. The zero-order chi connectivity index (χ0) is 8.43. The van der Waals surface area contributed by atoms with E-state index in [4.69, 9.17) is 28.9 Å². The van der Waals surface area contributed by atoms with Gasteiger partial charge in [0.05, 0.1) is 0 Å². The van der Waals surface area contributed by atoms with Gasteiger partial charge in [0.2, 0.25) is 0 Å². The third-order valence-electron chi connectivity index (χ3n) is 1.31. The maximum absolute atomic E-state index is 12.9. The summed E-state index contributed by atoms with van der Waals surface area (Å²) in [6, 6.07) is 2.66. The number of halogens is 4. The van der Waals surface area contributed by atoms with Crippen LogP contribution < -0.4 is 5.73 Å². The van der Waals surface area contributed by atoms with Crippen LogP contribution in [0.2, 0.25) is 10.0 Å². The molecule has 2 N–H and O–H groups in total. The molecule has 0 saturated carbocycles. The fraction of sp³-hybridized carbons (Fsp3) is 0.143. The second-order valence-corrected chi connectivity index (χ2v) is 2.90. The van der Waals surface area contributed by atoms with E-state index in [2.05, 4.69) is 0 Å². The molecule has 0 radical (unpaired) electrons. The molecule has 1 rings (SSSR count). The standard InChI is InChI=1S/C7H6Cl2FN.ClH/c8-4-1-6(9)5(3-11)7(10)2-4;/h1-2H,3,11H2;1H. The molecule has 12 heavy (non-hydrogen) atoms. The second-order valence-electron chi connectivity index (χ2n) is 2.05. The molecule has 1 aromatic carbocycles. The van der Waals surface area contributed by atoms with Crippen LogP contribution in [0.15, 0.2) is 12.1 Å². The van der Waals surface area contributed by atoms with Gasteiger partial charge in [0.25, 0.3) is 0 Å². The Bertz CT molecular complexity index is 254. The Labute approximate surface area is 86.1 Å². The van der Waals surface area contributed by atoms with Gasteiger partial charge in [0.15, 0.2) is 0 Å². The first-order valence-corrected chi connectivity index (χ1v) is 3.74. The zero-order valence-electron chi connectivity index (χ0n) is 5.98. The highest BCUT2D eigenvalue weighted by atomic mass is 35.5. The van der Waals surface area contributed by atoms with E-state index in [0.717, 1.165) is 0 Å². The summed E-state index contributed by atoms with van der Waals surface area (Å²) in [5, 5.41) is 0.558.